The van der Waals surface area contributed by atoms with Crippen molar-refractivity contribution >= 4 is 17.3 Å². The van der Waals surface area contributed by atoms with E-state index in [1.54, 1.807) is 6.20 Å². The molecule has 1 heterocycles. The number of hydrogen-bond acceptors (Lipinski definition) is 2. The minimum atomic E-state index is 0.699. The van der Waals surface area contributed by atoms with Gasteiger partial charge in [0, 0.05) is 18.9 Å². The van der Waals surface area contributed by atoms with E-state index in [4.69, 9.17) is 11.6 Å². The molecule has 1 atom stereocenters. The molecule has 0 aliphatic heterocycles. The highest BCUT2D eigenvalue weighted by atomic mass is 35.5. The van der Waals surface area contributed by atoms with Crippen LogP contribution in [0, 0.1) is 5.92 Å². The molecule has 1 aromatic heterocycles. The summed E-state index contributed by atoms with van der Waals surface area (Å²) >= 11 is 6.33. The van der Waals surface area contributed by atoms with E-state index in [2.05, 4.69) is 28.6 Å². The highest BCUT2D eigenvalue weighted by Gasteiger charge is 2.13. The van der Waals surface area contributed by atoms with E-state index in [0.29, 0.717) is 10.9 Å². The van der Waals surface area contributed by atoms with Crippen molar-refractivity contribution in [2.45, 2.75) is 19.3 Å². The molecule has 1 aliphatic carbocycles. The average molecular weight is 288 g/mol. The van der Waals surface area contributed by atoms with Crippen molar-refractivity contribution in [1.82, 2.24) is 9.78 Å². The van der Waals surface area contributed by atoms with Gasteiger partial charge in [-0.05, 0) is 43.4 Å². The van der Waals surface area contributed by atoms with Gasteiger partial charge < -0.3 is 5.32 Å². The number of allylic oxidation sites excluding steroid dienone is 2. The van der Waals surface area contributed by atoms with Gasteiger partial charge in [0.1, 0.15) is 5.69 Å². The molecule has 104 valence electrons. The highest BCUT2D eigenvalue weighted by Crippen LogP contribution is 2.29. The Kier molecular flexibility index (Phi) is 4.07. The number of para-hydroxylation sites is 1. The molecule has 0 amide bonds. The predicted molar refractivity (Wildman–Crippen MR) is 83.5 cm³/mol. The Bertz CT molecular complexity index is 590. The Balaban J connectivity index is 1.79. The van der Waals surface area contributed by atoms with Crippen molar-refractivity contribution in [1.29, 1.82) is 0 Å². The van der Waals surface area contributed by atoms with Gasteiger partial charge in [-0.2, -0.15) is 5.10 Å². The third kappa shape index (κ3) is 2.88. The lowest BCUT2D eigenvalue weighted by Gasteiger charge is -2.20. The number of halogens is 1. The summed E-state index contributed by atoms with van der Waals surface area (Å²) in [5, 5.41) is 8.53. The molecule has 0 radical (unpaired) electrons. The molecule has 0 saturated carbocycles. The Labute approximate surface area is 124 Å². The van der Waals surface area contributed by atoms with Crippen molar-refractivity contribution in [3.8, 4) is 5.69 Å². The molecule has 20 heavy (non-hydrogen) atoms. The molecule has 4 heteroatoms. The molecule has 0 bridgehead atoms. The van der Waals surface area contributed by atoms with Crippen molar-refractivity contribution in [2.24, 2.45) is 5.92 Å². The minimum Gasteiger partial charge on any atom is -0.383 e. The summed E-state index contributed by atoms with van der Waals surface area (Å²) in [7, 11) is 0. The normalized spacial score (nSPS) is 18.1. The van der Waals surface area contributed by atoms with E-state index in [1.807, 2.05) is 29.1 Å². The fourth-order valence-corrected chi connectivity index (χ4v) is 2.85. The lowest BCUT2D eigenvalue weighted by molar-refractivity contribution is 0.504. The van der Waals surface area contributed by atoms with Gasteiger partial charge in [-0.3, -0.25) is 0 Å². The van der Waals surface area contributed by atoms with Crippen molar-refractivity contribution < 1.29 is 0 Å². The van der Waals surface area contributed by atoms with E-state index in [1.165, 1.54) is 12.8 Å². The van der Waals surface area contributed by atoms with Crippen molar-refractivity contribution in [2.75, 3.05) is 11.9 Å². The van der Waals surface area contributed by atoms with E-state index in [0.717, 1.165) is 24.3 Å². The van der Waals surface area contributed by atoms with Gasteiger partial charge in [0.15, 0.2) is 0 Å². The Hall–Kier alpha value is -1.74. The summed E-state index contributed by atoms with van der Waals surface area (Å²) in [6.45, 7) is 0.971. The minimum absolute atomic E-state index is 0.699. The van der Waals surface area contributed by atoms with Gasteiger partial charge in [0.05, 0.1) is 10.7 Å². The fourth-order valence-electron chi connectivity index (χ4n) is 2.59. The summed E-state index contributed by atoms with van der Waals surface area (Å²) in [4.78, 5) is 0. The maximum Gasteiger partial charge on any atom is 0.106 e. The number of rotatable bonds is 4. The van der Waals surface area contributed by atoms with E-state index < -0.39 is 0 Å². The zero-order chi connectivity index (χ0) is 13.8. The average Bonchev–Trinajstić information content (AvgIpc) is 3.00. The molecule has 1 unspecified atom stereocenters. The summed E-state index contributed by atoms with van der Waals surface area (Å²) in [5.74, 6) is 0.699. The lowest BCUT2D eigenvalue weighted by Crippen LogP contribution is -2.16. The van der Waals surface area contributed by atoms with E-state index in [-0.39, 0.29) is 0 Å². The standard InChI is InChI=1S/C16H18ClN3/c17-14-8-4-9-15(16(14)20-11-5-10-19-20)18-12-13-6-2-1-3-7-13/h1-2,4-5,8-11,13,18H,3,6-7,12H2. The SMILES string of the molecule is Clc1cccc(NCC2CC=CCC2)c1-n1cccn1. The molecule has 1 aliphatic rings. The van der Waals surface area contributed by atoms with Gasteiger partial charge in [-0.15, -0.1) is 0 Å². The largest absolute Gasteiger partial charge is 0.383 e. The van der Waals surface area contributed by atoms with Crippen LogP contribution in [0.15, 0.2) is 48.8 Å². The van der Waals surface area contributed by atoms with Crippen LogP contribution >= 0.6 is 11.6 Å². The van der Waals surface area contributed by atoms with Crippen LogP contribution < -0.4 is 5.32 Å². The van der Waals surface area contributed by atoms with Gasteiger partial charge in [0.25, 0.3) is 0 Å². The first-order valence-electron chi connectivity index (χ1n) is 7.02. The topological polar surface area (TPSA) is 29.9 Å². The Morgan fingerprint density at radius 2 is 2.25 bits per heavy atom. The number of nitrogens with zero attached hydrogens (tertiary/aromatic N) is 2. The predicted octanol–water partition coefficient (Wildman–Crippen LogP) is 4.29. The smallest absolute Gasteiger partial charge is 0.106 e. The second-order valence-corrected chi connectivity index (χ2v) is 5.53. The van der Waals surface area contributed by atoms with Crippen LogP contribution in [0.4, 0.5) is 5.69 Å². The molecule has 3 rings (SSSR count). The second-order valence-electron chi connectivity index (χ2n) is 5.12. The lowest BCUT2D eigenvalue weighted by atomic mass is 9.94. The zero-order valence-corrected chi connectivity index (χ0v) is 12.1. The third-order valence-corrected chi connectivity index (χ3v) is 3.98. The van der Waals surface area contributed by atoms with Crippen molar-refractivity contribution in [3.05, 3.63) is 53.8 Å². The molecular weight excluding hydrogens is 270 g/mol. The van der Waals surface area contributed by atoms with Crippen LogP contribution in [0.2, 0.25) is 5.02 Å². The van der Waals surface area contributed by atoms with Gasteiger partial charge in [-0.25, -0.2) is 4.68 Å². The van der Waals surface area contributed by atoms with Crippen LogP contribution in [-0.2, 0) is 0 Å². The second kappa shape index (κ2) is 6.14. The molecule has 1 aromatic carbocycles. The fraction of sp³-hybridized carbons (Fsp3) is 0.312. The molecule has 0 fully saturated rings. The molecule has 3 nitrogen and oxygen atoms in total. The van der Waals surface area contributed by atoms with Crippen LogP contribution in [0.5, 0.6) is 0 Å². The molecule has 2 aromatic rings. The highest BCUT2D eigenvalue weighted by molar-refractivity contribution is 6.33. The van der Waals surface area contributed by atoms with Gasteiger partial charge in [-0.1, -0.05) is 29.8 Å². The van der Waals surface area contributed by atoms with Crippen LogP contribution in [-0.4, -0.2) is 16.3 Å². The Morgan fingerprint density at radius 1 is 1.30 bits per heavy atom. The summed E-state index contributed by atoms with van der Waals surface area (Å²) < 4.78 is 1.81. The number of benzene rings is 1. The first-order valence-corrected chi connectivity index (χ1v) is 7.40. The number of anilines is 1. The molecule has 0 spiro atoms. The molecular formula is C16H18ClN3. The van der Waals surface area contributed by atoms with Crippen LogP contribution in [0.25, 0.3) is 5.69 Å². The maximum absolute atomic E-state index is 6.33. The Morgan fingerprint density at radius 3 is 3.00 bits per heavy atom. The molecule has 1 N–H and O–H groups in total. The quantitative estimate of drug-likeness (QED) is 0.850. The monoisotopic (exact) mass is 287 g/mol. The zero-order valence-electron chi connectivity index (χ0n) is 11.3. The number of aromatic nitrogens is 2. The van der Waals surface area contributed by atoms with Crippen molar-refractivity contribution in [3.63, 3.8) is 0 Å². The third-order valence-electron chi connectivity index (χ3n) is 3.68. The number of nitrogens with one attached hydrogen (secondary N) is 1. The maximum atomic E-state index is 6.33. The van der Waals surface area contributed by atoms with Gasteiger partial charge in [0.2, 0.25) is 0 Å². The van der Waals surface area contributed by atoms with Crippen LogP contribution in [0.1, 0.15) is 19.3 Å². The van der Waals surface area contributed by atoms with Gasteiger partial charge >= 0.3 is 0 Å². The number of hydrogen-bond donors (Lipinski definition) is 1. The van der Waals surface area contributed by atoms with Crippen LogP contribution in [0.3, 0.4) is 0 Å². The summed E-state index contributed by atoms with van der Waals surface area (Å²) in [6.07, 6.45) is 11.8. The van der Waals surface area contributed by atoms with E-state index in [9.17, 15) is 0 Å². The first kappa shape index (κ1) is 13.3. The first-order chi connectivity index (χ1) is 9.84. The molecule has 0 saturated heterocycles. The summed E-state index contributed by atoms with van der Waals surface area (Å²) in [6, 6.07) is 7.83. The summed E-state index contributed by atoms with van der Waals surface area (Å²) in [5.41, 5.74) is 1.96. The van der Waals surface area contributed by atoms with E-state index >= 15 is 0 Å².